The van der Waals surface area contributed by atoms with Gasteiger partial charge in [-0.3, -0.25) is 23.6 Å². The topological polar surface area (TPSA) is 95.2 Å². The molecule has 0 fully saturated rings. The van der Waals surface area contributed by atoms with Crippen molar-refractivity contribution in [1.29, 1.82) is 0 Å². The number of anilines is 1. The Morgan fingerprint density at radius 3 is 2.81 bits per heavy atom. The highest BCUT2D eigenvalue weighted by Gasteiger charge is 2.10. The fourth-order valence-electron chi connectivity index (χ4n) is 1.65. The van der Waals surface area contributed by atoms with Gasteiger partial charge in [0.05, 0.1) is 19.0 Å². The third-order valence-electron chi connectivity index (χ3n) is 2.71. The van der Waals surface area contributed by atoms with Crippen molar-refractivity contribution in [2.24, 2.45) is 0 Å². The number of aromatic nitrogens is 3. The molecule has 9 heteroatoms. The van der Waals surface area contributed by atoms with E-state index in [1.807, 2.05) is 0 Å². The molecule has 0 spiro atoms. The summed E-state index contributed by atoms with van der Waals surface area (Å²) >= 11 is 1.05. The summed E-state index contributed by atoms with van der Waals surface area (Å²) in [5.74, 6) is -0.771. The number of thiazole rings is 1. The number of amides is 1. The van der Waals surface area contributed by atoms with E-state index in [2.05, 4.69) is 15.2 Å². The summed E-state index contributed by atoms with van der Waals surface area (Å²) in [6.45, 7) is 1.67. The second-order valence-corrected chi connectivity index (χ2v) is 5.10. The summed E-state index contributed by atoms with van der Waals surface area (Å²) in [5.41, 5.74) is 1.19. The van der Waals surface area contributed by atoms with Crippen LogP contribution in [0.25, 0.3) is 0 Å². The van der Waals surface area contributed by atoms with Gasteiger partial charge in [0.25, 0.3) is 0 Å². The van der Waals surface area contributed by atoms with Gasteiger partial charge in [-0.2, -0.15) is 5.10 Å². The number of nitrogens with zero attached hydrogens (tertiary/aromatic N) is 3. The second kappa shape index (κ2) is 6.35. The third-order valence-corrected chi connectivity index (χ3v) is 3.59. The number of hydrogen-bond donors (Lipinski definition) is 1. The van der Waals surface area contributed by atoms with E-state index < -0.39 is 5.97 Å². The van der Waals surface area contributed by atoms with Crippen LogP contribution in [0.15, 0.2) is 22.6 Å². The molecule has 0 aliphatic carbocycles. The Kier molecular flexibility index (Phi) is 4.53. The zero-order valence-electron chi connectivity index (χ0n) is 11.5. The molecule has 0 saturated heterocycles. The van der Waals surface area contributed by atoms with Crippen LogP contribution in [0.2, 0.25) is 0 Å². The third kappa shape index (κ3) is 3.78. The number of carbonyl (C=O) groups excluding carboxylic acids is 2. The Bertz CT molecular complexity index is 715. The Morgan fingerprint density at radius 2 is 2.19 bits per heavy atom. The Labute approximate surface area is 124 Å². The van der Waals surface area contributed by atoms with Crippen LogP contribution >= 0.6 is 11.3 Å². The van der Waals surface area contributed by atoms with Gasteiger partial charge in [-0.1, -0.05) is 11.3 Å². The normalized spacial score (nSPS) is 10.4. The number of ether oxygens (including phenoxy) is 1. The summed E-state index contributed by atoms with van der Waals surface area (Å²) in [6.07, 6.45) is 2.93. The van der Waals surface area contributed by atoms with E-state index in [4.69, 9.17) is 0 Å². The molecule has 1 N–H and O–H groups in total. The molecule has 0 saturated carbocycles. The van der Waals surface area contributed by atoms with Gasteiger partial charge >= 0.3 is 10.8 Å². The maximum Gasteiger partial charge on any atom is 0.327 e. The van der Waals surface area contributed by atoms with Gasteiger partial charge in [0.1, 0.15) is 13.1 Å². The van der Waals surface area contributed by atoms with Gasteiger partial charge in [0.15, 0.2) is 0 Å². The molecule has 2 aromatic rings. The van der Waals surface area contributed by atoms with E-state index in [9.17, 15) is 14.4 Å². The minimum Gasteiger partial charge on any atom is -0.468 e. The maximum atomic E-state index is 11.9. The number of methoxy groups -OCH3 is 1. The minimum atomic E-state index is -0.434. The first-order chi connectivity index (χ1) is 9.99. The molecule has 0 aliphatic heterocycles. The smallest absolute Gasteiger partial charge is 0.327 e. The summed E-state index contributed by atoms with van der Waals surface area (Å²) in [4.78, 5) is 34.3. The molecule has 0 bridgehead atoms. The first-order valence-corrected chi connectivity index (χ1v) is 6.91. The first-order valence-electron chi connectivity index (χ1n) is 6.03. The van der Waals surface area contributed by atoms with E-state index in [1.54, 1.807) is 12.3 Å². The standard InChI is InChI=1S/C12H14N4O4S/c1-8-7-21-12(19)16(8)5-10(17)14-9-3-13-15(4-9)6-11(18)20-2/h3-4,7H,5-6H2,1-2H3,(H,14,17). The highest BCUT2D eigenvalue weighted by molar-refractivity contribution is 7.07. The maximum absolute atomic E-state index is 11.9. The minimum absolute atomic E-state index is 0.0323. The molecule has 2 rings (SSSR count). The predicted octanol–water partition coefficient (Wildman–Crippen LogP) is 0.226. The molecule has 8 nitrogen and oxygen atoms in total. The average Bonchev–Trinajstić information content (AvgIpc) is 3.00. The summed E-state index contributed by atoms with van der Waals surface area (Å²) in [7, 11) is 1.29. The van der Waals surface area contributed by atoms with Crippen molar-refractivity contribution in [3.63, 3.8) is 0 Å². The van der Waals surface area contributed by atoms with Crippen LogP contribution in [0.3, 0.4) is 0 Å². The molecule has 0 atom stereocenters. The average molecular weight is 310 g/mol. The fourth-order valence-corrected chi connectivity index (χ4v) is 2.39. The molecule has 0 aromatic carbocycles. The molecular formula is C12H14N4O4S. The first kappa shape index (κ1) is 15.0. The van der Waals surface area contributed by atoms with Crippen LogP contribution in [-0.4, -0.2) is 33.3 Å². The molecule has 1 amide bonds. The van der Waals surface area contributed by atoms with Crippen molar-refractivity contribution in [2.45, 2.75) is 20.0 Å². The van der Waals surface area contributed by atoms with Gasteiger partial charge in [0, 0.05) is 17.3 Å². The van der Waals surface area contributed by atoms with Crippen molar-refractivity contribution in [3.05, 3.63) is 33.1 Å². The van der Waals surface area contributed by atoms with Crippen LogP contribution in [0.1, 0.15) is 5.69 Å². The molecular weight excluding hydrogens is 296 g/mol. The van der Waals surface area contributed by atoms with Gasteiger partial charge < -0.3 is 10.1 Å². The Hall–Kier alpha value is -2.42. The highest BCUT2D eigenvalue weighted by atomic mass is 32.1. The number of nitrogens with one attached hydrogen (secondary N) is 1. The lowest BCUT2D eigenvalue weighted by molar-refractivity contribution is -0.141. The molecule has 2 heterocycles. The molecule has 112 valence electrons. The fraction of sp³-hybridized carbons (Fsp3) is 0.333. The SMILES string of the molecule is COC(=O)Cn1cc(NC(=O)Cn2c(C)csc2=O)cn1. The predicted molar refractivity (Wildman–Crippen MR) is 76.2 cm³/mol. The molecule has 2 aromatic heterocycles. The lowest BCUT2D eigenvalue weighted by atomic mass is 10.4. The van der Waals surface area contributed by atoms with E-state index in [1.165, 1.54) is 28.8 Å². The lowest BCUT2D eigenvalue weighted by Crippen LogP contribution is -2.25. The quantitative estimate of drug-likeness (QED) is 0.797. The van der Waals surface area contributed by atoms with E-state index in [0.717, 1.165) is 17.0 Å². The van der Waals surface area contributed by atoms with E-state index in [0.29, 0.717) is 5.69 Å². The number of hydrogen-bond acceptors (Lipinski definition) is 6. The number of aryl methyl sites for hydroxylation is 1. The van der Waals surface area contributed by atoms with Crippen molar-refractivity contribution in [1.82, 2.24) is 14.3 Å². The molecule has 0 unspecified atom stereocenters. The van der Waals surface area contributed by atoms with Crippen molar-refractivity contribution in [2.75, 3.05) is 12.4 Å². The van der Waals surface area contributed by atoms with Crippen LogP contribution in [0, 0.1) is 6.92 Å². The zero-order valence-corrected chi connectivity index (χ0v) is 12.3. The number of esters is 1. The lowest BCUT2D eigenvalue weighted by Gasteiger charge is -2.04. The van der Waals surface area contributed by atoms with Crippen molar-refractivity contribution >= 4 is 28.9 Å². The molecule has 0 radical (unpaired) electrons. The van der Waals surface area contributed by atoms with Gasteiger partial charge in [0.2, 0.25) is 5.91 Å². The summed E-state index contributed by atoms with van der Waals surface area (Å²) in [5, 5.41) is 8.24. The van der Waals surface area contributed by atoms with Crippen molar-refractivity contribution < 1.29 is 14.3 Å². The molecule has 0 aliphatic rings. The van der Waals surface area contributed by atoms with E-state index in [-0.39, 0.29) is 23.9 Å². The monoisotopic (exact) mass is 310 g/mol. The highest BCUT2D eigenvalue weighted by Crippen LogP contribution is 2.06. The zero-order chi connectivity index (χ0) is 15.4. The van der Waals surface area contributed by atoms with Crippen molar-refractivity contribution in [3.8, 4) is 0 Å². The van der Waals surface area contributed by atoms with E-state index >= 15 is 0 Å². The van der Waals surface area contributed by atoms with Crippen LogP contribution in [0.4, 0.5) is 5.69 Å². The van der Waals surface area contributed by atoms with Crippen LogP contribution < -0.4 is 10.2 Å². The Balaban J connectivity index is 1.97. The Morgan fingerprint density at radius 1 is 1.43 bits per heavy atom. The van der Waals surface area contributed by atoms with Crippen LogP contribution in [-0.2, 0) is 27.4 Å². The van der Waals surface area contributed by atoms with Gasteiger partial charge in [-0.05, 0) is 6.92 Å². The summed E-state index contributed by atoms with van der Waals surface area (Å²) < 4.78 is 7.26. The van der Waals surface area contributed by atoms with Gasteiger partial charge in [-0.15, -0.1) is 0 Å². The van der Waals surface area contributed by atoms with Crippen LogP contribution in [0.5, 0.6) is 0 Å². The summed E-state index contributed by atoms with van der Waals surface area (Å²) in [6, 6.07) is 0. The largest absolute Gasteiger partial charge is 0.468 e. The van der Waals surface area contributed by atoms with Gasteiger partial charge in [-0.25, -0.2) is 0 Å². The number of rotatable bonds is 5. The molecule has 21 heavy (non-hydrogen) atoms. The number of carbonyl (C=O) groups is 2. The second-order valence-electron chi connectivity index (χ2n) is 4.28.